The van der Waals surface area contributed by atoms with E-state index in [-0.39, 0.29) is 11.1 Å². The van der Waals surface area contributed by atoms with E-state index in [1.807, 2.05) is 0 Å². The van der Waals surface area contributed by atoms with Crippen LogP contribution in [0.4, 0.5) is 0 Å². The molecule has 0 spiro atoms. The van der Waals surface area contributed by atoms with Crippen LogP contribution < -0.4 is 5.32 Å². The molecule has 2 rings (SSSR count). The molecule has 1 nitrogen and oxygen atoms in total. The van der Waals surface area contributed by atoms with Crippen LogP contribution in [0, 0.1) is 19.8 Å². The molecule has 1 heteroatoms. The Bertz CT molecular complexity index is 472. The topological polar surface area (TPSA) is 12.0 Å². The van der Waals surface area contributed by atoms with Crippen LogP contribution in [-0.4, -0.2) is 11.1 Å². The number of aryl methyl sites for hydroxylation is 2. The van der Waals surface area contributed by atoms with E-state index in [1.54, 1.807) is 0 Å². The van der Waals surface area contributed by atoms with Crippen LogP contribution >= 0.6 is 0 Å². The molecule has 1 saturated heterocycles. The van der Waals surface area contributed by atoms with Gasteiger partial charge in [0.2, 0.25) is 0 Å². The third kappa shape index (κ3) is 3.73. The third-order valence-electron chi connectivity index (χ3n) is 4.30. The number of hydrogen-bond donors (Lipinski definition) is 1. The molecule has 20 heavy (non-hydrogen) atoms. The number of piperidine rings is 1. The molecule has 1 heterocycles. The summed E-state index contributed by atoms with van der Waals surface area (Å²) in [5.41, 5.74) is 4.57. The minimum absolute atomic E-state index is 0.220. The van der Waals surface area contributed by atoms with Gasteiger partial charge in [-0.1, -0.05) is 30.4 Å². The lowest BCUT2D eigenvalue weighted by atomic mass is 9.75. The zero-order chi connectivity index (χ0) is 15.0. The Morgan fingerprint density at radius 3 is 2.00 bits per heavy atom. The van der Waals surface area contributed by atoms with Crippen LogP contribution in [0.5, 0.6) is 0 Å². The van der Waals surface area contributed by atoms with Gasteiger partial charge in [0.05, 0.1) is 0 Å². The molecule has 1 N–H and O–H groups in total. The lowest BCUT2D eigenvalue weighted by Gasteiger charge is -2.46. The summed E-state index contributed by atoms with van der Waals surface area (Å²) in [5.74, 6) is 0.653. The standard InChI is InChI=1S/C19H29N/c1-14-8-7-9-15(2)17(14)11-10-16-12-18(3,4)20-19(5,6)13-16/h7-11,16,20H,12-13H2,1-6H3/b11-10+. The minimum Gasteiger partial charge on any atom is -0.307 e. The first-order valence-electron chi connectivity index (χ1n) is 7.72. The summed E-state index contributed by atoms with van der Waals surface area (Å²) in [4.78, 5) is 0. The highest BCUT2D eigenvalue weighted by Gasteiger charge is 2.36. The van der Waals surface area contributed by atoms with Crippen LogP contribution in [0.3, 0.4) is 0 Å². The van der Waals surface area contributed by atoms with E-state index in [0.29, 0.717) is 5.92 Å². The van der Waals surface area contributed by atoms with Crippen LogP contribution in [-0.2, 0) is 0 Å². The predicted octanol–water partition coefficient (Wildman–Crippen LogP) is 4.87. The van der Waals surface area contributed by atoms with Gasteiger partial charge in [-0.15, -0.1) is 0 Å². The largest absolute Gasteiger partial charge is 0.307 e. The molecule has 0 amide bonds. The van der Waals surface area contributed by atoms with Gasteiger partial charge in [-0.2, -0.15) is 0 Å². The van der Waals surface area contributed by atoms with E-state index in [1.165, 1.54) is 29.5 Å². The van der Waals surface area contributed by atoms with Gasteiger partial charge < -0.3 is 5.32 Å². The van der Waals surface area contributed by atoms with E-state index in [2.05, 4.69) is 77.2 Å². The molecule has 1 aromatic rings. The van der Waals surface area contributed by atoms with Gasteiger partial charge in [-0.25, -0.2) is 0 Å². The Hall–Kier alpha value is -1.08. The summed E-state index contributed by atoms with van der Waals surface area (Å²) in [5, 5.41) is 3.75. The Labute approximate surface area is 124 Å². The van der Waals surface area contributed by atoms with Crippen molar-refractivity contribution in [2.45, 2.75) is 65.5 Å². The Morgan fingerprint density at radius 1 is 1.00 bits per heavy atom. The van der Waals surface area contributed by atoms with Gasteiger partial charge in [0.25, 0.3) is 0 Å². The highest BCUT2D eigenvalue weighted by molar-refractivity contribution is 5.57. The summed E-state index contributed by atoms with van der Waals surface area (Å²) >= 11 is 0. The maximum absolute atomic E-state index is 3.75. The number of allylic oxidation sites excluding steroid dienone is 1. The molecular formula is C19H29N. The average Bonchev–Trinajstić information content (AvgIpc) is 2.23. The Kier molecular flexibility index (Phi) is 4.11. The summed E-state index contributed by atoms with van der Waals surface area (Å²) in [6.45, 7) is 13.6. The van der Waals surface area contributed by atoms with Crippen molar-refractivity contribution < 1.29 is 0 Å². The van der Waals surface area contributed by atoms with Gasteiger partial charge in [-0.3, -0.25) is 0 Å². The van der Waals surface area contributed by atoms with E-state index < -0.39 is 0 Å². The Morgan fingerprint density at radius 2 is 1.50 bits per heavy atom. The molecule has 110 valence electrons. The molecule has 1 fully saturated rings. The molecule has 0 unspecified atom stereocenters. The van der Waals surface area contributed by atoms with Gasteiger partial charge in [0.15, 0.2) is 0 Å². The van der Waals surface area contributed by atoms with E-state index >= 15 is 0 Å². The number of hydrogen-bond acceptors (Lipinski definition) is 1. The van der Waals surface area contributed by atoms with Crippen LogP contribution in [0.1, 0.15) is 57.2 Å². The first kappa shape index (κ1) is 15.3. The molecule has 1 aliphatic heterocycles. The van der Waals surface area contributed by atoms with Gasteiger partial charge >= 0.3 is 0 Å². The van der Waals surface area contributed by atoms with Gasteiger partial charge in [0.1, 0.15) is 0 Å². The lowest BCUT2D eigenvalue weighted by molar-refractivity contribution is 0.150. The molecule has 0 saturated carbocycles. The van der Waals surface area contributed by atoms with E-state index in [9.17, 15) is 0 Å². The lowest BCUT2D eigenvalue weighted by Crippen LogP contribution is -2.57. The predicted molar refractivity (Wildman–Crippen MR) is 89.0 cm³/mol. The van der Waals surface area contributed by atoms with Crippen molar-refractivity contribution in [1.29, 1.82) is 0 Å². The zero-order valence-corrected chi connectivity index (χ0v) is 13.9. The highest BCUT2D eigenvalue weighted by Crippen LogP contribution is 2.34. The summed E-state index contributed by atoms with van der Waals surface area (Å²) in [7, 11) is 0. The molecule has 0 aliphatic carbocycles. The summed E-state index contributed by atoms with van der Waals surface area (Å²) in [6.07, 6.45) is 7.18. The second-order valence-electron chi connectivity index (χ2n) is 7.73. The fraction of sp³-hybridized carbons (Fsp3) is 0.579. The monoisotopic (exact) mass is 271 g/mol. The third-order valence-corrected chi connectivity index (χ3v) is 4.30. The van der Waals surface area contributed by atoms with Crippen molar-refractivity contribution in [2.75, 3.05) is 0 Å². The molecule has 0 aromatic heterocycles. The van der Waals surface area contributed by atoms with Gasteiger partial charge in [-0.05, 0) is 77.0 Å². The molecule has 0 atom stereocenters. The smallest absolute Gasteiger partial charge is 0.0135 e. The SMILES string of the molecule is Cc1cccc(C)c1/C=C/C1CC(C)(C)NC(C)(C)C1. The normalized spacial score (nSPS) is 22.3. The van der Waals surface area contributed by atoms with Crippen LogP contribution in [0.15, 0.2) is 24.3 Å². The minimum atomic E-state index is 0.220. The maximum atomic E-state index is 3.75. The molecule has 1 aromatic carbocycles. The first-order valence-corrected chi connectivity index (χ1v) is 7.72. The van der Waals surface area contributed by atoms with Crippen molar-refractivity contribution in [3.05, 3.63) is 41.0 Å². The number of rotatable bonds is 2. The summed E-state index contributed by atoms with van der Waals surface area (Å²) in [6, 6.07) is 6.53. The molecule has 0 bridgehead atoms. The zero-order valence-electron chi connectivity index (χ0n) is 13.9. The average molecular weight is 271 g/mol. The van der Waals surface area contributed by atoms with Crippen molar-refractivity contribution >= 4 is 6.08 Å². The summed E-state index contributed by atoms with van der Waals surface area (Å²) < 4.78 is 0. The van der Waals surface area contributed by atoms with Crippen molar-refractivity contribution in [3.63, 3.8) is 0 Å². The molecule has 1 aliphatic rings. The highest BCUT2D eigenvalue weighted by atomic mass is 15.0. The van der Waals surface area contributed by atoms with Crippen molar-refractivity contribution in [2.24, 2.45) is 5.92 Å². The van der Waals surface area contributed by atoms with Crippen LogP contribution in [0.25, 0.3) is 6.08 Å². The number of benzene rings is 1. The number of nitrogens with one attached hydrogen (secondary N) is 1. The fourth-order valence-electron chi connectivity index (χ4n) is 3.86. The van der Waals surface area contributed by atoms with Crippen molar-refractivity contribution in [1.82, 2.24) is 5.32 Å². The van der Waals surface area contributed by atoms with E-state index in [0.717, 1.165) is 0 Å². The second kappa shape index (κ2) is 5.37. The fourth-order valence-corrected chi connectivity index (χ4v) is 3.86. The molecular weight excluding hydrogens is 242 g/mol. The van der Waals surface area contributed by atoms with E-state index in [4.69, 9.17) is 0 Å². The Balaban J connectivity index is 2.19. The van der Waals surface area contributed by atoms with Crippen LogP contribution in [0.2, 0.25) is 0 Å². The first-order chi connectivity index (χ1) is 9.19. The quantitative estimate of drug-likeness (QED) is 0.809. The molecule has 0 radical (unpaired) electrons. The van der Waals surface area contributed by atoms with Crippen molar-refractivity contribution in [3.8, 4) is 0 Å². The second-order valence-corrected chi connectivity index (χ2v) is 7.73. The maximum Gasteiger partial charge on any atom is 0.0135 e. The van der Waals surface area contributed by atoms with Gasteiger partial charge in [0, 0.05) is 11.1 Å².